The van der Waals surface area contributed by atoms with Gasteiger partial charge < -0.3 is 4.74 Å². The predicted molar refractivity (Wildman–Crippen MR) is 78.5 cm³/mol. The average molecular weight is 263 g/mol. The number of methoxy groups -OCH3 is 1. The lowest BCUT2D eigenvalue weighted by Crippen LogP contribution is -2.03. The van der Waals surface area contributed by atoms with Crippen molar-refractivity contribution in [3.8, 4) is 11.1 Å². The molecule has 0 aliphatic carbocycles. The molecule has 3 rings (SSSR count). The van der Waals surface area contributed by atoms with Crippen LogP contribution in [0.4, 0.5) is 0 Å². The van der Waals surface area contributed by atoms with E-state index in [2.05, 4.69) is 4.98 Å². The van der Waals surface area contributed by atoms with E-state index in [1.54, 1.807) is 12.3 Å². The number of hydrogen-bond donors (Lipinski definition) is 0. The van der Waals surface area contributed by atoms with Gasteiger partial charge in [0.1, 0.15) is 0 Å². The highest BCUT2D eigenvalue weighted by molar-refractivity contribution is 5.98. The lowest BCUT2D eigenvalue weighted by atomic mass is 9.98. The third-order valence-electron chi connectivity index (χ3n) is 3.25. The Morgan fingerprint density at radius 3 is 2.75 bits per heavy atom. The third-order valence-corrected chi connectivity index (χ3v) is 3.25. The lowest BCUT2D eigenvalue weighted by Gasteiger charge is -2.08. The number of hydrogen-bond acceptors (Lipinski definition) is 3. The van der Waals surface area contributed by atoms with Gasteiger partial charge in [-0.25, -0.2) is 4.79 Å². The fraction of sp³-hybridized carbons (Fsp3) is 0.0588. The van der Waals surface area contributed by atoms with Crippen molar-refractivity contribution < 1.29 is 9.53 Å². The molecule has 0 N–H and O–H groups in total. The van der Waals surface area contributed by atoms with Gasteiger partial charge in [0.2, 0.25) is 0 Å². The molecule has 1 aromatic heterocycles. The standard InChI is InChI=1S/C17H13NO2/c1-20-17(19)15-7-3-2-6-14(15)12-8-9-16-13(11-12)5-4-10-18-16/h2-11H,1H3. The van der Waals surface area contributed by atoms with Gasteiger partial charge in [0, 0.05) is 11.6 Å². The van der Waals surface area contributed by atoms with E-state index in [-0.39, 0.29) is 5.97 Å². The summed E-state index contributed by atoms with van der Waals surface area (Å²) in [6.07, 6.45) is 1.77. The van der Waals surface area contributed by atoms with Gasteiger partial charge in [-0.2, -0.15) is 0 Å². The van der Waals surface area contributed by atoms with Crippen LogP contribution in [-0.2, 0) is 4.74 Å². The second kappa shape index (κ2) is 5.13. The van der Waals surface area contributed by atoms with Gasteiger partial charge in [-0.3, -0.25) is 4.98 Å². The topological polar surface area (TPSA) is 39.2 Å². The zero-order valence-electron chi connectivity index (χ0n) is 11.0. The fourth-order valence-electron chi connectivity index (χ4n) is 2.27. The molecule has 0 radical (unpaired) electrons. The molecule has 20 heavy (non-hydrogen) atoms. The van der Waals surface area contributed by atoms with Crippen LogP contribution in [-0.4, -0.2) is 18.1 Å². The van der Waals surface area contributed by atoms with Gasteiger partial charge in [-0.15, -0.1) is 0 Å². The molecule has 0 amide bonds. The molecule has 0 fully saturated rings. The van der Waals surface area contributed by atoms with Gasteiger partial charge in [-0.05, 0) is 35.4 Å². The molecule has 0 aliphatic heterocycles. The minimum Gasteiger partial charge on any atom is -0.465 e. The zero-order valence-corrected chi connectivity index (χ0v) is 11.0. The van der Waals surface area contributed by atoms with Gasteiger partial charge in [0.05, 0.1) is 18.2 Å². The monoisotopic (exact) mass is 263 g/mol. The smallest absolute Gasteiger partial charge is 0.338 e. The first-order valence-electron chi connectivity index (χ1n) is 6.32. The molecular weight excluding hydrogens is 250 g/mol. The summed E-state index contributed by atoms with van der Waals surface area (Å²) in [4.78, 5) is 16.1. The van der Waals surface area contributed by atoms with Crippen molar-refractivity contribution in [2.45, 2.75) is 0 Å². The maximum atomic E-state index is 11.8. The van der Waals surface area contributed by atoms with Crippen LogP contribution in [0, 0.1) is 0 Å². The molecule has 98 valence electrons. The van der Waals surface area contributed by atoms with Gasteiger partial charge >= 0.3 is 5.97 Å². The summed E-state index contributed by atoms with van der Waals surface area (Å²) in [6, 6.07) is 17.3. The molecule has 0 atom stereocenters. The number of benzene rings is 2. The Bertz CT molecular complexity index is 781. The maximum Gasteiger partial charge on any atom is 0.338 e. The van der Waals surface area contributed by atoms with E-state index in [1.807, 2.05) is 48.5 Å². The number of rotatable bonds is 2. The highest BCUT2D eigenvalue weighted by Gasteiger charge is 2.12. The molecule has 0 saturated carbocycles. The van der Waals surface area contributed by atoms with E-state index < -0.39 is 0 Å². The first kappa shape index (κ1) is 12.4. The Hall–Kier alpha value is -2.68. The number of esters is 1. The van der Waals surface area contributed by atoms with E-state index >= 15 is 0 Å². The largest absolute Gasteiger partial charge is 0.465 e. The number of carbonyl (C=O) groups excluding carboxylic acids is 1. The number of aromatic nitrogens is 1. The molecule has 1 heterocycles. The van der Waals surface area contributed by atoms with Crippen LogP contribution in [0.3, 0.4) is 0 Å². The highest BCUT2D eigenvalue weighted by Crippen LogP contribution is 2.27. The van der Waals surface area contributed by atoms with Crippen molar-refractivity contribution in [2.24, 2.45) is 0 Å². The summed E-state index contributed by atoms with van der Waals surface area (Å²) in [7, 11) is 1.39. The molecule has 2 aromatic carbocycles. The molecule has 0 bridgehead atoms. The average Bonchev–Trinajstić information content (AvgIpc) is 2.53. The number of nitrogens with zero attached hydrogens (tertiary/aromatic N) is 1. The number of pyridine rings is 1. The third kappa shape index (κ3) is 2.14. The maximum absolute atomic E-state index is 11.8. The normalized spacial score (nSPS) is 10.4. The van der Waals surface area contributed by atoms with E-state index in [4.69, 9.17) is 4.74 Å². The summed E-state index contributed by atoms with van der Waals surface area (Å²) in [5.74, 6) is -0.327. The Kier molecular flexibility index (Phi) is 3.17. The first-order valence-corrected chi connectivity index (χ1v) is 6.32. The lowest BCUT2D eigenvalue weighted by molar-refractivity contribution is 0.0601. The van der Waals surface area contributed by atoms with E-state index in [1.165, 1.54) is 7.11 Å². The number of fused-ring (bicyclic) bond motifs is 1. The van der Waals surface area contributed by atoms with E-state index in [9.17, 15) is 4.79 Å². The summed E-state index contributed by atoms with van der Waals surface area (Å²) < 4.78 is 4.83. The van der Waals surface area contributed by atoms with Crippen molar-refractivity contribution in [1.29, 1.82) is 0 Å². The molecule has 3 heteroatoms. The van der Waals surface area contributed by atoms with Crippen LogP contribution >= 0.6 is 0 Å². The van der Waals surface area contributed by atoms with Crippen molar-refractivity contribution in [1.82, 2.24) is 4.98 Å². The van der Waals surface area contributed by atoms with Crippen LogP contribution in [0.15, 0.2) is 60.8 Å². The molecule has 0 aliphatic rings. The van der Waals surface area contributed by atoms with Crippen LogP contribution in [0.2, 0.25) is 0 Å². The minimum absolute atomic E-state index is 0.327. The molecule has 0 saturated heterocycles. The zero-order chi connectivity index (χ0) is 13.9. The fourth-order valence-corrected chi connectivity index (χ4v) is 2.27. The Morgan fingerprint density at radius 1 is 1.05 bits per heavy atom. The second-order valence-electron chi connectivity index (χ2n) is 4.45. The minimum atomic E-state index is -0.327. The Balaban J connectivity index is 2.18. The van der Waals surface area contributed by atoms with Crippen molar-refractivity contribution in [2.75, 3.05) is 7.11 Å². The molecule has 3 aromatic rings. The predicted octanol–water partition coefficient (Wildman–Crippen LogP) is 3.69. The summed E-state index contributed by atoms with van der Waals surface area (Å²) in [5, 5.41) is 1.05. The van der Waals surface area contributed by atoms with E-state index in [0.717, 1.165) is 22.0 Å². The SMILES string of the molecule is COC(=O)c1ccccc1-c1ccc2ncccc2c1. The summed E-state index contributed by atoms with van der Waals surface area (Å²) in [5.41, 5.74) is 3.35. The quantitative estimate of drug-likeness (QED) is 0.662. The van der Waals surface area contributed by atoms with Crippen LogP contribution in [0.25, 0.3) is 22.0 Å². The summed E-state index contributed by atoms with van der Waals surface area (Å²) in [6.45, 7) is 0. The van der Waals surface area contributed by atoms with Gasteiger partial charge in [-0.1, -0.05) is 30.3 Å². The van der Waals surface area contributed by atoms with Crippen molar-refractivity contribution in [3.05, 3.63) is 66.4 Å². The second-order valence-corrected chi connectivity index (χ2v) is 4.45. The van der Waals surface area contributed by atoms with Crippen LogP contribution < -0.4 is 0 Å². The van der Waals surface area contributed by atoms with Crippen molar-refractivity contribution >= 4 is 16.9 Å². The van der Waals surface area contributed by atoms with Gasteiger partial charge in [0.25, 0.3) is 0 Å². The van der Waals surface area contributed by atoms with E-state index in [0.29, 0.717) is 5.56 Å². The molecular formula is C17H13NO2. The van der Waals surface area contributed by atoms with Crippen LogP contribution in [0.1, 0.15) is 10.4 Å². The number of carbonyl (C=O) groups is 1. The molecule has 0 unspecified atom stereocenters. The molecule has 3 nitrogen and oxygen atoms in total. The molecule has 0 spiro atoms. The first-order chi connectivity index (χ1) is 9.79. The Labute approximate surface area is 116 Å². The van der Waals surface area contributed by atoms with Crippen molar-refractivity contribution in [3.63, 3.8) is 0 Å². The summed E-state index contributed by atoms with van der Waals surface area (Å²) >= 11 is 0. The highest BCUT2D eigenvalue weighted by atomic mass is 16.5. The van der Waals surface area contributed by atoms with Crippen LogP contribution in [0.5, 0.6) is 0 Å². The van der Waals surface area contributed by atoms with Gasteiger partial charge in [0.15, 0.2) is 0 Å². The Morgan fingerprint density at radius 2 is 1.90 bits per heavy atom. The number of ether oxygens (including phenoxy) is 1.